The van der Waals surface area contributed by atoms with Gasteiger partial charge in [-0.25, -0.2) is 9.78 Å². The van der Waals surface area contributed by atoms with Crippen molar-refractivity contribution < 1.29 is 9.53 Å². The minimum absolute atomic E-state index is 0.0305. The van der Waals surface area contributed by atoms with E-state index in [0.29, 0.717) is 12.4 Å². The molecule has 3 aromatic rings. The summed E-state index contributed by atoms with van der Waals surface area (Å²) in [6, 6.07) is 10.4. The van der Waals surface area contributed by atoms with E-state index in [9.17, 15) is 4.79 Å². The first-order valence-corrected chi connectivity index (χ1v) is 10.3. The fourth-order valence-electron chi connectivity index (χ4n) is 3.17. The van der Waals surface area contributed by atoms with Crippen molar-refractivity contribution >= 4 is 17.9 Å². The molecule has 2 aromatic heterocycles. The van der Waals surface area contributed by atoms with Gasteiger partial charge in [0.05, 0.1) is 12.2 Å². The second kappa shape index (κ2) is 9.13. The first-order valence-electron chi connectivity index (χ1n) is 9.50. The van der Waals surface area contributed by atoms with Crippen molar-refractivity contribution in [1.82, 2.24) is 14.5 Å². The standard InChI is InChI=1S/C22H26N4O2S/c1-14(2)20-21(29-18-9-15(3)8-16(4)10-18)26(12-17-6-5-7-24-11-17)19(25-20)13-28-22(23)27/h5-11,14H,12-13H2,1-4H3,(H2,23,27). The zero-order valence-corrected chi connectivity index (χ0v) is 18.0. The third kappa shape index (κ3) is 5.38. The number of nitrogens with zero attached hydrogens (tertiary/aromatic N) is 3. The first-order chi connectivity index (χ1) is 13.8. The molecule has 0 fully saturated rings. The molecule has 6 nitrogen and oxygen atoms in total. The Labute approximate surface area is 175 Å². The van der Waals surface area contributed by atoms with Crippen LogP contribution in [0.4, 0.5) is 4.79 Å². The Morgan fingerprint density at radius 1 is 1.24 bits per heavy atom. The van der Waals surface area contributed by atoms with E-state index in [1.165, 1.54) is 11.1 Å². The predicted molar refractivity (Wildman–Crippen MR) is 114 cm³/mol. The number of rotatable bonds is 7. The van der Waals surface area contributed by atoms with Crippen molar-refractivity contribution in [3.63, 3.8) is 0 Å². The molecule has 0 aliphatic rings. The van der Waals surface area contributed by atoms with Crippen LogP contribution in [0.2, 0.25) is 0 Å². The van der Waals surface area contributed by atoms with Crippen molar-refractivity contribution in [2.75, 3.05) is 0 Å². The summed E-state index contributed by atoms with van der Waals surface area (Å²) in [5.41, 5.74) is 9.64. The Balaban J connectivity index is 2.08. The molecule has 2 heterocycles. The minimum atomic E-state index is -0.810. The van der Waals surface area contributed by atoms with Crippen LogP contribution >= 0.6 is 11.8 Å². The maximum absolute atomic E-state index is 11.2. The van der Waals surface area contributed by atoms with Gasteiger partial charge in [0, 0.05) is 17.3 Å². The van der Waals surface area contributed by atoms with Gasteiger partial charge in [-0.2, -0.15) is 0 Å². The van der Waals surface area contributed by atoms with Gasteiger partial charge in [-0.05, 0) is 54.7 Å². The molecule has 0 unspecified atom stereocenters. The second-order valence-corrected chi connectivity index (χ2v) is 8.42. The summed E-state index contributed by atoms with van der Waals surface area (Å²) in [7, 11) is 0. The summed E-state index contributed by atoms with van der Waals surface area (Å²) in [4.78, 5) is 21.4. The molecule has 0 spiro atoms. The lowest BCUT2D eigenvalue weighted by Crippen LogP contribution is -2.15. The normalized spacial score (nSPS) is 11.1. The molecule has 29 heavy (non-hydrogen) atoms. The van der Waals surface area contributed by atoms with Crippen molar-refractivity contribution in [1.29, 1.82) is 0 Å². The smallest absolute Gasteiger partial charge is 0.404 e. The average molecular weight is 411 g/mol. The van der Waals surface area contributed by atoms with E-state index in [1.807, 2.05) is 18.3 Å². The highest BCUT2D eigenvalue weighted by Crippen LogP contribution is 2.36. The van der Waals surface area contributed by atoms with Crippen LogP contribution in [-0.2, 0) is 17.9 Å². The highest BCUT2D eigenvalue weighted by molar-refractivity contribution is 7.99. The molecule has 0 atom stereocenters. The Hall–Kier alpha value is -2.80. The summed E-state index contributed by atoms with van der Waals surface area (Å²) in [5, 5.41) is 1.04. The van der Waals surface area contributed by atoms with Gasteiger partial charge in [-0.1, -0.05) is 37.7 Å². The molecule has 2 N–H and O–H groups in total. The number of primary amides is 1. The van der Waals surface area contributed by atoms with Crippen molar-refractivity contribution in [3.05, 3.63) is 70.9 Å². The van der Waals surface area contributed by atoms with Gasteiger partial charge in [0.2, 0.25) is 0 Å². The van der Waals surface area contributed by atoms with Crippen molar-refractivity contribution in [2.24, 2.45) is 5.73 Å². The topological polar surface area (TPSA) is 83.0 Å². The molecule has 0 saturated heterocycles. The highest BCUT2D eigenvalue weighted by Gasteiger charge is 2.21. The van der Waals surface area contributed by atoms with Crippen LogP contribution < -0.4 is 5.73 Å². The van der Waals surface area contributed by atoms with Gasteiger partial charge in [-0.3, -0.25) is 4.98 Å². The number of carbonyl (C=O) groups excluding carboxylic acids is 1. The molecule has 0 saturated carbocycles. The lowest BCUT2D eigenvalue weighted by molar-refractivity contribution is 0.145. The first kappa shape index (κ1) is 20.9. The molecule has 152 valence electrons. The Bertz CT molecular complexity index is 979. The number of aryl methyl sites for hydroxylation is 2. The summed E-state index contributed by atoms with van der Waals surface area (Å²) in [6.45, 7) is 9.03. The summed E-state index contributed by atoms with van der Waals surface area (Å²) >= 11 is 1.68. The zero-order valence-electron chi connectivity index (χ0n) is 17.2. The summed E-state index contributed by atoms with van der Waals surface area (Å²) in [6.07, 6.45) is 2.77. The zero-order chi connectivity index (χ0) is 21.0. The number of hydrogen-bond donors (Lipinski definition) is 1. The number of pyridine rings is 1. The van der Waals surface area contributed by atoms with Crippen LogP contribution in [0.5, 0.6) is 0 Å². The number of hydrogen-bond acceptors (Lipinski definition) is 5. The number of ether oxygens (including phenoxy) is 1. The van der Waals surface area contributed by atoms with Gasteiger partial charge >= 0.3 is 6.09 Å². The van der Waals surface area contributed by atoms with E-state index in [-0.39, 0.29) is 12.5 Å². The van der Waals surface area contributed by atoms with Gasteiger partial charge in [-0.15, -0.1) is 0 Å². The van der Waals surface area contributed by atoms with Crippen LogP contribution in [0.15, 0.2) is 52.6 Å². The molecular weight excluding hydrogens is 384 g/mol. The fourth-order valence-corrected chi connectivity index (χ4v) is 4.55. The van der Waals surface area contributed by atoms with E-state index in [1.54, 1.807) is 18.0 Å². The molecule has 0 aliphatic carbocycles. The lowest BCUT2D eigenvalue weighted by atomic mass is 10.1. The van der Waals surface area contributed by atoms with Crippen LogP contribution in [0.25, 0.3) is 0 Å². The van der Waals surface area contributed by atoms with Gasteiger partial charge in [0.25, 0.3) is 0 Å². The van der Waals surface area contributed by atoms with E-state index in [2.05, 4.69) is 55.4 Å². The molecule has 0 aliphatic heterocycles. The predicted octanol–water partition coefficient (Wildman–Crippen LogP) is 4.81. The van der Waals surface area contributed by atoms with E-state index in [0.717, 1.165) is 21.2 Å². The summed E-state index contributed by atoms with van der Waals surface area (Å²) in [5.74, 6) is 0.883. The average Bonchev–Trinajstić information content (AvgIpc) is 2.97. The third-order valence-corrected chi connectivity index (χ3v) is 5.48. The highest BCUT2D eigenvalue weighted by atomic mass is 32.2. The monoisotopic (exact) mass is 410 g/mol. The largest absolute Gasteiger partial charge is 0.442 e. The van der Waals surface area contributed by atoms with Gasteiger partial charge in [0.1, 0.15) is 10.9 Å². The fraction of sp³-hybridized carbons (Fsp3) is 0.318. The molecular formula is C22H26N4O2S. The minimum Gasteiger partial charge on any atom is -0.442 e. The number of carbonyl (C=O) groups is 1. The lowest BCUT2D eigenvalue weighted by Gasteiger charge is -2.14. The number of aromatic nitrogens is 3. The molecule has 7 heteroatoms. The van der Waals surface area contributed by atoms with Gasteiger partial charge in [0.15, 0.2) is 6.61 Å². The SMILES string of the molecule is Cc1cc(C)cc(Sc2c(C(C)C)nc(COC(N)=O)n2Cc2cccnc2)c1. The van der Waals surface area contributed by atoms with E-state index >= 15 is 0 Å². The van der Waals surface area contributed by atoms with Crippen LogP contribution in [-0.4, -0.2) is 20.6 Å². The number of amides is 1. The summed E-state index contributed by atoms with van der Waals surface area (Å²) < 4.78 is 7.17. The maximum Gasteiger partial charge on any atom is 0.404 e. The second-order valence-electron chi connectivity index (χ2n) is 7.35. The molecule has 1 amide bonds. The Morgan fingerprint density at radius 2 is 1.97 bits per heavy atom. The quantitative estimate of drug-likeness (QED) is 0.604. The van der Waals surface area contributed by atoms with E-state index < -0.39 is 6.09 Å². The number of benzene rings is 1. The molecule has 0 bridgehead atoms. The van der Waals surface area contributed by atoms with Gasteiger partial charge < -0.3 is 15.0 Å². The van der Waals surface area contributed by atoms with Crippen molar-refractivity contribution in [2.45, 2.75) is 56.7 Å². The maximum atomic E-state index is 11.2. The number of nitrogens with two attached hydrogens (primary N) is 1. The van der Waals surface area contributed by atoms with Crippen LogP contribution in [0, 0.1) is 13.8 Å². The molecule has 1 aromatic carbocycles. The van der Waals surface area contributed by atoms with Crippen LogP contribution in [0.1, 0.15) is 48.0 Å². The molecule has 0 radical (unpaired) electrons. The molecule has 3 rings (SSSR count). The van der Waals surface area contributed by atoms with Crippen molar-refractivity contribution in [3.8, 4) is 0 Å². The number of imidazole rings is 1. The Morgan fingerprint density at radius 3 is 2.55 bits per heavy atom. The van der Waals surface area contributed by atoms with E-state index in [4.69, 9.17) is 15.5 Å². The third-order valence-electron chi connectivity index (χ3n) is 4.39. The Kier molecular flexibility index (Phi) is 6.59. The van der Waals surface area contributed by atoms with Crippen LogP contribution in [0.3, 0.4) is 0 Å².